The minimum atomic E-state index is 0.699. The van der Waals surface area contributed by atoms with Crippen LogP contribution in [0.1, 0.15) is 27.2 Å². The molecule has 1 atom stereocenters. The summed E-state index contributed by atoms with van der Waals surface area (Å²) in [5.41, 5.74) is 0. The SMILES string of the molecule is CCN[C@@H](C)CC. The first-order valence-electron chi connectivity index (χ1n) is 3.04. The van der Waals surface area contributed by atoms with Gasteiger partial charge in [0.1, 0.15) is 0 Å². The van der Waals surface area contributed by atoms with Gasteiger partial charge in [-0.05, 0) is 19.9 Å². The van der Waals surface area contributed by atoms with E-state index in [4.69, 9.17) is 0 Å². The summed E-state index contributed by atoms with van der Waals surface area (Å²) in [5, 5.41) is 3.30. The first-order valence-corrected chi connectivity index (χ1v) is 3.04. The van der Waals surface area contributed by atoms with Gasteiger partial charge < -0.3 is 5.32 Å². The maximum absolute atomic E-state index is 3.30. The number of rotatable bonds is 3. The molecule has 0 rings (SSSR count). The first-order chi connectivity index (χ1) is 3.31. The number of nitrogens with one attached hydrogen (secondary N) is 1. The van der Waals surface area contributed by atoms with Crippen LogP contribution in [0.5, 0.6) is 0 Å². The van der Waals surface area contributed by atoms with E-state index >= 15 is 0 Å². The van der Waals surface area contributed by atoms with Crippen LogP contribution < -0.4 is 5.32 Å². The lowest BCUT2D eigenvalue weighted by atomic mass is 10.3. The monoisotopic (exact) mass is 101 g/mol. The molecule has 0 radical (unpaired) electrons. The van der Waals surface area contributed by atoms with E-state index in [1.54, 1.807) is 0 Å². The second kappa shape index (κ2) is 4.13. The molecule has 1 heteroatoms. The van der Waals surface area contributed by atoms with Crippen LogP contribution in [0, 0.1) is 0 Å². The predicted octanol–water partition coefficient (Wildman–Crippen LogP) is 1.39. The Kier molecular flexibility index (Phi) is 4.10. The fourth-order valence-electron chi connectivity index (χ4n) is 0.493. The van der Waals surface area contributed by atoms with Gasteiger partial charge in [0.05, 0.1) is 0 Å². The Morgan fingerprint density at radius 3 is 2.14 bits per heavy atom. The summed E-state index contributed by atoms with van der Waals surface area (Å²) in [6.45, 7) is 7.61. The fraction of sp³-hybridized carbons (Fsp3) is 1.00. The molecule has 0 bridgehead atoms. The standard InChI is InChI=1S/C6H15N/c1-4-6(3)7-5-2/h6-7H,4-5H2,1-3H3/t6-/m0/s1. The highest BCUT2D eigenvalue weighted by molar-refractivity contribution is 4.53. The van der Waals surface area contributed by atoms with Crippen LogP contribution in [0.25, 0.3) is 0 Å². The zero-order valence-electron chi connectivity index (χ0n) is 5.49. The van der Waals surface area contributed by atoms with E-state index in [9.17, 15) is 0 Å². The van der Waals surface area contributed by atoms with Crippen molar-refractivity contribution in [1.29, 1.82) is 0 Å². The number of hydrogen-bond acceptors (Lipinski definition) is 1. The quantitative estimate of drug-likeness (QED) is 0.566. The van der Waals surface area contributed by atoms with Crippen LogP contribution >= 0.6 is 0 Å². The Balaban J connectivity index is 2.83. The molecule has 0 saturated carbocycles. The fourth-order valence-corrected chi connectivity index (χ4v) is 0.493. The third-order valence-corrected chi connectivity index (χ3v) is 1.16. The number of hydrogen-bond donors (Lipinski definition) is 1. The third kappa shape index (κ3) is 3.80. The molecule has 44 valence electrons. The summed E-state index contributed by atoms with van der Waals surface area (Å²) in [5.74, 6) is 0. The molecule has 1 N–H and O–H groups in total. The van der Waals surface area contributed by atoms with Crippen molar-refractivity contribution in [2.45, 2.75) is 33.2 Å². The summed E-state index contributed by atoms with van der Waals surface area (Å²) in [7, 11) is 0. The molecule has 0 aliphatic rings. The van der Waals surface area contributed by atoms with Gasteiger partial charge in [-0.2, -0.15) is 0 Å². The third-order valence-electron chi connectivity index (χ3n) is 1.16. The highest BCUT2D eigenvalue weighted by Gasteiger charge is 1.90. The summed E-state index contributed by atoms with van der Waals surface area (Å²) in [4.78, 5) is 0. The zero-order chi connectivity index (χ0) is 5.70. The molecular formula is C6H15N. The van der Waals surface area contributed by atoms with Crippen molar-refractivity contribution in [3.8, 4) is 0 Å². The molecule has 0 unspecified atom stereocenters. The molecule has 0 saturated heterocycles. The van der Waals surface area contributed by atoms with E-state index in [-0.39, 0.29) is 0 Å². The molecule has 0 aliphatic heterocycles. The lowest BCUT2D eigenvalue weighted by Gasteiger charge is -2.06. The van der Waals surface area contributed by atoms with Crippen LogP contribution in [-0.2, 0) is 0 Å². The van der Waals surface area contributed by atoms with Gasteiger partial charge >= 0.3 is 0 Å². The van der Waals surface area contributed by atoms with Crippen molar-refractivity contribution in [2.24, 2.45) is 0 Å². The molecule has 0 aromatic heterocycles. The Morgan fingerprint density at radius 2 is 2.00 bits per heavy atom. The minimum absolute atomic E-state index is 0.699. The van der Waals surface area contributed by atoms with Gasteiger partial charge in [-0.25, -0.2) is 0 Å². The average Bonchev–Trinajstić information content (AvgIpc) is 1.68. The largest absolute Gasteiger partial charge is 0.315 e. The molecule has 7 heavy (non-hydrogen) atoms. The molecule has 0 spiro atoms. The van der Waals surface area contributed by atoms with Crippen LogP contribution in [0.15, 0.2) is 0 Å². The van der Waals surface area contributed by atoms with Crippen molar-refractivity contribution in [2.75, 3.05) is 6.54 Å². The maximum atomic E-state index is 3.30. The zero-order valence-corrected chi connectivity index (χ0v) is 5.49. The second-order valence-electron chi connectivity index (χ2n) is 1.87. The lowest BCUT2D eigenvalue weighted by molar-refractivity contribution is 0.553. The molecule has 0 heterocycles. The van der Waals surface area contributed by atoms with E-state index in [0.717, 1.165) is 6.54 Å². The normalized spacial score (nSPS) is 14.1. The van der Waals surface area contributed by atoms with Gasteiger partial charge in [0.2, 0.25) is 0 Å². The van der Waals surface area contributed by atoms with E-state index in [1.807, 2.05) is 0 Å². The molecule has 0 aromatic carbocycles. The van der Waals surface area contributed by atoms with Gasteiger partial charge in [-0.1, -0.05) is 13.8 Å². The first kappa shape index (κ1) is 6.96. The van der Waals surface area contributed by atoms with Gasteiger partial charge in [0, 0.05) is 6.04 Å². The van der Waals surface area contributed by atoms with Crippen molar-refractivity contribution in [3.63, 3.8) is 0 Å². The molecule has 1 nitrogen and oxygen atoms in total. The van der Waals surface area contributed by atoms with Crippen molar-refractivity contribution in [3.05, 3.63) is 0 Å². The van der Waals surface area contributed by atoms with E-state index in [0.29, 0.717) is 6.04 Å². The van der Waals surface area contributed by atoms with Gasteiger partial charge in [-0.3, -0.25) is 0 Å². The Bertz CT molecular complexity index is 35.2. The summed E-state index contributed by atoms with van der Waals surface area (Å²) in [6.07, 6.45) is 1.23. The Hall–Kier alpha value is -0.0400. The molecule has 0 aromatic rings. The summed E-state index contributed by atoms with van der Waals surface area (Å²) < 4.78 is 0. The maximum Gasteiger partial charge on any atom is 0.00359 e. The van der Waals surface area contributed by atoms with Crippen LogP contribution in [-0.4, -0.2) is 12.6 Å². The highest BCUT2D eigenvalue weighted by Crippen LogP contribution is 1.84. The van der Waals surface area contributed by atoms with Crippen molar-refractivity contribution < 1.29 is 0 Å². The predicted molar refractivity (Wildman–Crippen MR) is 33.4 cm³/mol. The van der Waals surface area contributed by atoms with Crippen molar-refractivity contribution in [1.82, 2.24) is 5.32 Å². The van der Waals surface area contributed by atoms with Gasteiger partial charge in [0.25, 0.3) is 0 Å². The van der Waals surface area contributed by atoms with Gasteiger partial charge in [-0.15, -0.1) is 0 Å². The van der Waals surface area contributed by atoms with Crippen LogP contribution in [0.3, 0.4) is 0 Å². The van der Waals surface area contributed by atoms with E-state index in [1.165, 1.54) is 6.42 Å². The van der Waals surface area contributed by atoms with E-state index in [2.05, 4.69) is 26.1 Å². The molecule has 0 fully saturated rings. The van der Waals surface area contributed by atoms with Crippen LogP contribution in [0.2, 0.25) is 0 Å². The highest BCUT2D eigenvalue weighted by atomic mass is 14.9. The van der Waals surface area contributed by atoms with Crippen LogP contribution in [0.4, 0.5) is 0 Å². The Labute approximate surface area is 46.1 Å². The topological polar surface area (TPSA) is 12.0 Å². The van der Waals surface area contributed by atoms with E-state index < -0.39 is 0 Å². The van der Waals surface area contributed by atoms with Crippen molar-refractivity contribution >= 4 is 0 Å². The summed E-state index contributed by atoms with van der Waals surface area (Å²) in [6, 6.07) is 0.699. The minimum Gasteiger partial charge on any atom is -0.315 e. The molecule has 0 amide bonds. The lowest BCUT2D eigenvalue weighted by Crippen LogP contribution is -2.24. The Morgan fingerprint density at radius 1 is 1.43 bits per heavy atom. The summed E-state index contributed by atoms with van der Waals surface area (Å²) >= 11 is 0. The second-order valence-corrected chi connectivity index (χ2v) is 1.87. The molecular weight excluding hydrogens is 86.1 g/mol. The van der Waals surface area contributed by atoms with Gasteiger partial charge in [0.15, 0.2) is 0 Å². The molecule has 0 aliphatic carbocycles. The average molecular weight is 101 g/mol. The smallest absolute Gasteiger partial charge is 0.00359 e.